The Balaban J connectivity index is 2.23. The molecule has 1 atom stereocenters. The van der Waals surface area contributed by atoms with E-state index < -0.39 is 0 Å². The Morgan fingerprint density at radius 3 is 2.59 bits per heavy atom. The molecule has 1 amide bonds. The number of carbonyl (C=O) groups excluding carboxylic acids is 1. The number of allylic oxidation sites excluding steroid dienone is 1. The fourth-order valence-electron chi connectivity index (χ4n) is 1.93. The fourth-order valence-corrected chi connectivity index (χ4v) is 1.93. The molecule has 0 aliphatic carbocycles. The van der Waals surface area contributed by atoms with E-state index in [1.807, 2.05) is 37.3 Å². The van der Waals surface area contributed by atoms with Gasteiger partial charge in [-0.25, -0.2) is 0 Å². The van der Waals surface area contributed by atoms with Gasteiger partial charge in [-0.3, -0.25) is 4.79 Å². The molecule has 1 aromatic rings. The van der Waals surface area contributed by atoms with Gasteiger partial charge in [0.05, 0.1) is 11.8 Å². The molecule has 0 radical (unpaired) electrons. The van der Waals surface area contributed by atoms with Gasteiger partial charge in [0.1, 0.15) is 0 Å². The Morgan fingerprint density at radius 2 is 2.06 bits per heavy atom. The van der Waals surface area contributed by atoms with Crippen LogP contribution in [-0.4, -0.2) is 22.9 Å². The van der Waals surface area contributed by atoms with Crippen molar-refractivity contribution in [1.29, 1.82) is 0 Å². The number of β-lactam (4-membered cyclic amide) rings is 1. The van der Waals surface area contributed by atoms with Crippen molar-refractivity contribution in [2.75, 3.05) is 4.90 Å². The number of hydrogen-bond donors (Lipinski definition) is 1. The van der Waals surface area contributed by atoms with Crippen molar-refractivity contribution in [3.63, 3.8) is 0 Å². The highest BCUT2D eigenvalue weighted by atomic mass is 16.4. The number of oxime groups is 1. The van der Waals surface area contributed by atoms with E-state index in [9.17, 15) is 4.79 Å². The first-order valence-corrected chi connectivity index (χ1v) is 5.44. The molecule has 0 bridgehead atoms. The Labute approximate surface area is 99.9 Å². The summed E-state index contributed by atoms with van der Waals surface area (Å²) in [7, 11) is 0. The number of para-hydroxylation sites is 1. The molecule has 88 valence electrons. The van der Waals surface area contributed by atoms with Crippen LogP contribution in [0.1, 0.15) is 13.8 Å². The molecule has 0 spiro atoms. The summed E-state index contributed by atoms with van der Waals surface area (Å²) in [4.78, 5) is 13.7. The monoisotopic (exact) mass is 230 g/mol. The second-order valence-electron chi connectivity index (χ2n) is 4.03. The first-order chi connectivity index (χ1) is 8.15. The summed E-state index contributed by atoms with van der Waals surface area (Å²) in [6.45, 7) is 3.60. The molecule has 1 fully saturated rings. The molecule has 2 rings (SSSR count). The number of amides is 1. The zero-order valence-electron chi connectivity index (χ0n) is 9.79. The number of anilines is 1. The lowest BCUT2D eigenvalue weighted by molar-refractivity contribution is -0.118. The highest BCUT2D eigenvalue weighted by molar-refractivity contribution is 6.18. The van der Waals surface area contributed by atoms with Gasteiger partial charge in [0.15, 0.2) is 0 Å². The summed E-state index contributed by atoms with van der Waals surface area (Å²) in [5.41, 5.74) is 2.00. The maximum absolute atomic E-state index is 11.9. The van der Waals surface area contributed by atoms with Crippen molar-refractivity contribution < 1.29 is 10.0 Å². The van der Waals surface area contributed by atoms with Crippen molar-refractivity contribution in [2.24, 2.45) is 5.16 Å². The third-order valence-electron chi connectivity index (χ3n) is 2.86. The smallest absolute Gasteiger partial charge is 0.256 e. The zero-order chi connectivity index (χ0) is 12.4. The third kappa shape index (κ3) is 1.93. The van der Waals surface area contributed by atoms with Gasteiger partial charge in [-0.05, 0) is 32.1 Å². The van der Waals surface area contributed by atoms with Gasteiger partial charge in [0.25, 0.3) is 5.91 Å². The molecule has 1 saturated heterocycles. The molecule has 1 aliphatic heterocycles. The van der Waals surface area contributed by atoms with E-state index in [2.05, 4.69) is 5.16 Å². The van der Waals surface area contributed by atoms with Crippen molar-refractivity contribution >= 4 is 17.3 Å². The van der Waals surface area contributed by atoms with Crippen LogP contribution in [-0.2, 0) is 4.79 Å². The molecule has 0 aromatic heterocycles. The predicted octanol–water partition coefficient (Wildman–Crippen LogP) is 2.20. The van der Waals surface area contributed by atoms with Gasteiger partial charge in [-0.15, -0.1) is 0 Å². The van der Waals surface area contributed by atoms with Gasteiger partial charge < -0.3 is 10.1 Å². The standard InChI is InChI=1S/C13H14N2O2/c1-9(14-17)8-12-10(2)15(13(12)16)11-6-4-3-5-7-11/h3-8,10,17H,1-2H3. The quantitative estimate of drug-likeness (QED) is 0.278. The Kier molecular flexibility index (Phi) is 2.95. The lowest BCUT2D eigenvalue weighted by Gasteiger charge is -2.40. The van der Waals surface area contributed by atoms with Crippen LogP contribution < -0.4 is 4.90 Å². The van der Waals surface area contributed by atoms with Gasteiger partial charge in [0, 0.05) is 11.3 Å². The van der Waals surface area contributed by atoms with E-state index >= 15 is 0 Å². The molecular weight excluding hydrogens is 216 g/mol. The van der Waals surface area contributed by atoms with Gasteiger partial charge in [-0.1, -0.05) is 23.4 Å². The van der Waals surface area contributed by atoms with Gasteiger partial charge in [-0.2, -0.15) is 0 Å². The van der Waals surface area contributed by atoms with E-state index in [0.29, 0.717) is 11.3 Å². The maximum atomic E-state index is 11.9. The minimum atomic E-state index is -0.0355. The number of carbonyl (C=O) groups is 1. The zero-order valence-corrected chi connectivity index (χ0v) is 9.79. The number of rotatable bonds is 2. The van der Waals surface area contributed by atoms with Crippen LogP contribution in [0.2, 0.25) is 0 Å². The minimum Gasteiger partial charge on any atom is -0.411 e. The van der Waals surface area contributed by atoms with Crippen LogP contribution in [0, 0.1) is 0 Å². The van der Waals surface area contributed by atoms with Crippen LogP contribution in [0.5, 0.6) is 0 Å². The van der Waals surface area contributed by atoms with Crippen molar-refractivity contribution in [1.82, 2.24) is 0 Å². The molecule has 1 heterocycles. The van der Waals surface area contributed by atoms with Crippen LogP contribution in [0.3, 0.4) is 0 Å². The maximum Gasteiger partial charge on any atom is 0.256 e. The van der Waals surface area contributed by atoms with E-state index in [4.69, 9.17) is 5.21 Å². The molecule has 0 saturated carbocycles. The van der Waals surface area contributed by atoms with Crippen LogP contribution >= 0.6 is 0 Å². The van der Waals surface area contributed by atoms with Crippen molar-refractivity contribution in [3.05, 3.63) is 42.0 Å². The first-order valence-electron chi connectivity index (χ1n) is 5.44. The second-order valence-corrected chi connectivity index (χ2v) is 4.03. The lowest BCUT2D eigenvalue weighted by atomic mass is 9.93. The van der Waals surface area contributed by atoms with Crippen LogP contribution in [0.4, 0.5) is 5.69 Å². The summed E-state index contributed by atoms with van der Waals surface area (Å²) in [5, 5.41) is 11.6. The molecule has 1 aromatic carbocycles. The van der Waals surface area contributed by atoms with Crippen LogP contribution in [0.15, 0.2) is 47.1 Å². The van der Waals surface area contributed by atoms with Crippen molar-refractivity contribution in [2.45, 2.75) is 19.9 Å². The topological polar surface area (TPSA) is 52.9 Å². The lowest BCUT2D eigenvalue weighted by Crippen LogP contribution is -2.54. The SMILES string of the molecule is CC(C=C1C(=O)N(c2ccccc2)C1C)=NO. The Morgan fingerprint density at radius 1 is 1.41 bits per heavy atom. The number of hydrogen-bond acceptors (Lipinski definition) is 3. The van der Waals surface area contributed by atoms with E-state index in [1.165, 1.54) is 0 Å². The second kappa shape index (κ2) is 4.41. The van der Waals surface area contributed by atoms with E-state index in [-0.39, 0.29) is 11.9 Å². The summed E-state index contributed by atoms with van der Waals surface area (Å²) in [6, 6.07) is 9.53. The molecule has 4 heteroatoms. The average Bonchev–Trinajstić information content (AvgIpc) is 2.37. The summed E-state index contributed by atoms with van der Waals surface area (Å²) in [6.07, 6.45) is 1.62. The fraction of sp³-hybridized carbons (Fsp3) is 0.231. The molecule has 1 unspecified atom stereocenters. The summed E-state index contributed by atoms with van der Waals surface area (Å²) >= 11 is 0. The summed E-state index contributed by atoms with van der Waals surface area (Å²) in [5.74, 6) is -0.0355. The molecule has 17 heavy (non-hydrogen) atoms. The minimum absolute atomic E-state index is 0.0154. The van der Waals surface area contributed by atoms with Gasteiger partial charge >= 0.3 is 0 Å². The third-order valence-corrected chi connectivity index (χ3v) is 2.86. The number of nitrogens with zero attached hydrogens (tertiary/aromatic N) is 2. The molecule has 4 nitrogen and oxygen atoms in total. The first kappa shape index (κ1) is 11.4. The van der Waals surface area contributed by atoms with Gasteiger partial charge in [0.2, 0.25) is 0 Å². The number of benzene rings is 1. The molecular formula is C13H14N2O2. The van der Waals surface area contributed by atoms with E-state index in [1.54, 1.807) is 17.9 Å². The highest BCUT2D eigenvalue weighted by Gasteiger charge is 2.39. The Hall–Kier alpha value is -2.10. The molecule has 1 aliphatic rings. The largest absolute Gasteiger partial charge is 0.411 e. The average molecular weight is 230 g/mol. The van der Waals surface area contributed by atoms with Crippen molar-refractivity contribution in [3.8, 4) is 0 Å². The Bertz CT molecular complexity index is 491. The normalized spacial score (nSPS) is 22.8. The van der Waals surface area contributed by atoms with E-state index in [0.717, 1.165) is 5.69 Å². The highest BCUT2D eigenvalue weighted by Crippen LogP contribution is 2.31. The summed E-state index contributed by atoms with van der Waals surface area (Å²) < 4.78 is 0. The van der Waals surface area contributed by atoms with Crippen LogP contribution in [0.25, 0.3) is 0 Å². The predicted molar refractivity (Wildman–Crippen MR) is 66.4 cm³/mol. The molecule has 1 N–H and O–H groups in total.